The Morgan fingerprint density at radius 1 is 1.38 bits per heavy atom. The minimum absolute atomic E-state index is 0.184. The van der Waals surface area contributed by atoms with Gasteiger partial charge in [-0.25, -0.2) is 0 Å². The van der Waals surface area contributed by atoms with Crippen LogP contribution < -0.4 is 0 Å². The normalized spacial score (nSPS) is 12.1. The molecule has 0 atom stereocenters. The molecular weight excluding hydrogens is 241 g/mol. The number of carbonyl (C=O) groups is 1. The molecule has 0 radical (unpaired) electrons. The van der Waals surface area contributed by atoms with E-state index >= 15 is 0 Å². The maximum Gasteiger partial charge on any atom is 0.417 e. The quantitative estimate of drug-likeness (QED) is 0.724. The van der Waals surface area contributed by atoms with E-state index in [0.717, 1.165) is 6.07 Å². The molecule has 16 heavy (non-hydrogen) atoms. The van der Waals surface area contributed by atoms with Crippen LogP contribution in [0.25, 0.3) is 6.08 Å². The molecule has 5 heteroatoms. The van der Waals surface area contributed by atoms with Gasteiger partial charge in [-0.1, -0.05) is 23.7 Å². The van der Waals surface area contributed by atoms with Crippen LogP contribution in [0.3, 0.4) is 0 Å². The van der Waals surface area contributed by atoms with E-state index in [0.29, 0.717) is 5.56 Å². The molecule has 1 aromatic carbocycles. The van der Waals surface area contributed by atoms with Crippen LogP contribution in [-0.2, 0) is 11.0 Å². The summed E-state index contributed by atoms with van der Waals surface area (Å²) in [5.74, 6) is -0.184. The van der Waals surface area contributed by atoms with Crippen LogP contribution >= 0.6 is 11.6 Å². The molecule has 0 aromatic heterocycles. The van der Waals surface area contributed by atoms with Crippen LogP contribution in [0.2, 0.25) is 5.02 Å². The zero-order valence-electron chi connectivity index (χ0n) is 8.31. The van der Waals surface area contributed by atoms with Crippen LogP contribution in [0.5, 0.6) is 0 Å². The van der Waals surface area contributed by atoms with Gasteiger partial charge in [0, 0.05) is 0 Å². The van der Waals surface area contributed by atoms with E-state index in [9.17, 15) is 18.0 Å². The molecule has 0 unspecified atom stereocenters. The molecule has 0 saturated carbocycles. The van der Waals surface area contributed by atoms with Crippen molar-refractivity contribution < 1.29 is 18.0 Å². The molecule has 0 fully saturated rings. The number of benzene rings is 1. The number of halogens is 4. The Kier molecular flexibility index (Phi) is 3.75. The van der Waals surface area contributed by atoms with Gasteiger partial charge in [-0.2, -0.15) is 13.2 Å². The van der Waals surface area contributed by atoms with Crippen molar-refractivity contribution in [2.45, 2.75) is 13.1 Å². The monoisotopic (exact) mass is 248 g/mol. The fourth-order valence-electron chi connectivity index (χ4n) is 1.08. The number of carbonyl (C=O) groups excluding carboxylic acids is 1. The summed E-state index contributed by atoms with van der Waals surface area (Å²) in [4.78, 5) is 10.6. The fourth-order valence-corrected chi connectivity index (χ4v) is 1.37. The summed E-state index contributed by atoms with van der Waals surface area (Å²) in [5.41, 5.74) is -0.428. The number of allylic oxidation sites excluding steroid dienone is 1. The highest BCUT2D eigenvalue weighted by Gasteiger charge is 2.32. The third kappa shape index (κ3) is 3.38. The first-order valence-corrected chi connectivity index (χ1v) is 4.74. The molecule has 0 aliphatic heterocycles. The van der Waals surface area contributed by atoms with E-state index < -0.39 is 11.7 Å². The van der Waals surface area contributed by atoms with E-state index in [4.69, 9.17) is 11.6 Å². The highest BCUT2D eigenvalue weighted by molar-refractivity contribution is 6.31. The average Bonchev–Trinajstić information content (AvgIpc) is 2.12. The van der Waals surface area contributed by atoms with Crippen LogP contribution in [0.15, 0.2) is 24.3 Å². The van der Waals surface area contributed by atoms with E-state index in [1.807, 2.05) is 0 Å². The summed E-state index contributed by atoms with van der Waals surface area (Å²) in [6.45, 7) is 1.35. The van der Waals surface area contributed by atoms with E-state index in [2.05, 4.69) is 0 Å². The summed E-state index contributed by atoms with van der Waals surface area (Å²) in [6, 6.07) is 3.32. The summed E-state index contributed by atoms with van der Waals surface area (Å²) in [7, 11) is 0. The Hall–Kier alpha value is -1.29. The highest BCUT2D eigenvalue weighted by atomic mass is 35.5. The first kappa shape index (κ1) is 12.8. The lowest BCUT2D eigenvalue weighted by atomic mass is 10.1. The van der Waals surface area contributed by atoms with Gasteiger partial charge < -0.3 is 0 Å². The van der Waals surface area contributed by atoms with Crippen LogP contribution in [0.4, 0.5) is 13.2 Å². The summed E-state index contributed by atoms with van der Waals surface area (Å²) in [6.07, 6.45) is -1.78. The Balaban J connectivity index is 3.05. The van der Waals surface area contributed by atoms with Gasteiger partial charge in [-0.15, -0.1) is 0 Å². The zero-order valence-corrected chi connectivity index (χ0v) is 9.06. The molecule has 1 nitrogen and oxygen atoms in total. The zero-order chi connectivity index (χ0) is 12.3. The lowest BCUT2D eigenvalue weighted by Crippen LogP contribution is -2.05. The Morgan fingerprint density at radius 3 is 2.44 bits per heavy atom. The number of rotatable bonds is 2. The number of hydrogen-bond donors (Lipinski definition) is 0. The lowest BCUT2D eigenvalue weighted by molar-refractivity contribution is -0.137. The van der Waals surface area contributed by atoms with Crippen LogP contribution in [0.1, 0.15) is 18.1 Å². The van der Waals surface area contributed by atoms with Crippen molar-refractivity contribution >= 4 is 23.5 Å². The van der Waals surface area contributed by atoms with Crippen molar-refractivity contribution in [3.05, 3.63) is 40.4 Å². The molecule has 0 saturated heterocycles. The van der Waals surface area contributed by atoms with Gasteiger partial charge in [-0.3, -0.25) is 4.79 Å². The van der Waals surface area contributed by atoms with E-state index in [1.54, 1.807) is 0 Å². The van der Waals surface area contributed by atoms with Gasteiger partial charge in [-0.05, 0) is 30.7 Å². The molecule has 0 aliphatic rings. The molecule has 86 valence electrons. The van der Waals surface area contributed by atoms with Crippen LogP contribution in [0, 0.1) is 0 Å². The first-order chi connectivity index (χ1) is 7.30. The van der Waals surface area contributed by atoms with Gasteiger partial charge in [0.05, 0.1) is 10.6 Å². The molecule has 0 amide bonds. The third-order valence-corrected chi connectivity index (χ3v) is 2.12. The predicted molar refractivity (Wildman–Crippen MR) is 56.2 cm³/mol. The van der Waals surface area contributed by atoms with Crippen molar-refractivity contribution in [1.29, 1.82) is 0 Å². The largest absolute Gasteiger partial charge is 0.417 e. The summed E-state index contributed by atoms with van der Waals surface area (Å²) >= 11 is 5.49. The van der Waals surface area contributed by atoms with E-state index in [-0.39, 0.29) is 10.8 Å². The van der Waals surface area contributed by atoms with E-state index in [1.165, 1.54) is 31.2 Å². The number of hydrogen-bond acceptors (Lipinski definition) is 1. The SMILES string of the molecule is CC(=O)/C=C/c1ccc(C(F)(F)F)c(Cl)c1. The molecule has 0 N–H and O–H groups in total. The minimum Gasteiger partial charge on any atom is -0.295 e. The molecule has 0 bridgehead atoms. The maximum atomic E-state index is 12.3. The topological polar surface area (TPSA) is 17.1 Å². The van der Waals surface area contributed by atoms with Crippen molar-refractivity contribution in [2.75, 3.05) is 0 Å². The number of alkyl halides is 3. The molecule has 1 rings (SSSR count). The Bertz CT molecular complexity index is 435. The molecule has 0 spiro atoms. The maximum absolute atomic E-state index is 12.3. The Labute approximate surface area is 95.5 Å². The molecule has 0 heterocycles. The van der Waals surface area contributed by atoms with Crippen molar-refractivity contribution in [1.82, 2.24) is 0 Å². The summed E-state index contributed by atoms with van der Waals surface area (Å²) < 4.78 is 37.0. The summed E-state index contributed by atoms with van der Waals surface area (Å²) in [5, 5.41) is -0.377. The van der Waals surface area contributed by atoms with Crippen molar-refractivity contribution in [3.8, 4) is 0 Å². The molecular formula is C11H8ClF3O. The molecule has 1 aromatic rings. The fraction of sp³-hybridized carbons (Fsp3) is 0.182. The van der Waals surface area contributed by atoms with Gasteiger partial charge in [0.1, 0.15) is 0 Å². The molecule has 0 aliphatic carbocycles. The average molecular weight is 249 g/mol. The lowest BCUT2D eigenvalue weighted by Gasteiger charge is -2.08. The van der Waals surface area contributed by atoms with Crippen molar-refractivity contribution in [2.24, 2.45) is 0 Å². The van der Waals surface area contributed by atoms with Crippen molar-refractivity contribution in [3.63, 3.8) is 0 Å². The van der Waals surface area contributed by atoms with Gasteiger partial charge in [0.15, 0.2) is 5.78 Å². The number of ketones is 1. The second kappa shape index (κ2) is 4.70. The Morgan fingerprint density at radius 2 is 2.00 bits per heavy atom. The van der Waals surface area contributed by atoms with Gasteiger partial charge in [0.2, 0.25) is 0 Å². The standard InChI is InChI=1S/C11H8ClF3O/c1-7(16)2-3-8-4-5-9(10(12)6-8)11(13,14)15/h2-6H,1H3/b3-2+. The predicted octanol–water partition coefficient (Wildman–Crippen LogP) is 3.96. The third-order valence-electron chi connectivity index (χ3n) is 1.81. The minimum atomic E-state index is -4.46. The van der Waals surface area contributed by atoms with Crippen LogP contribution in [-0.4, -0.2) is 5.78 Å². The smallest absolute Gasteiger partial charge is 0.295 e. The van der Waals surface area contributed by atoms with Gasteiger partial charge in [0.25, 0.3) is 0 Å². The second-order valence-electron chi connectivity index (χ2n) is 3.18. The first-order valence-electron chi connectivity index (χ1n) is 4.36. The highest BCUT2D eigenvalue weighted by Crippen LogP contribution is 2.35. The second-order valence-corrected chi connectivity index (χ2v) is 3.59. The van der Waals surface area contributed by atoms with Gasteiger partial charge >= 0.3 is 6.18 Å².